The lowest BCUT2D eigenvalue weighted by molar-refractivity contribution is -0.118. The van der Waals surface area contributed by atoms with Crippen LogP contribution in [0, 0.1) is 0 Å². The molecule has 0 aliphatic carbocycles. The molecule has 1 heterocycles. The Morgan fingerprint density at radius 1 is 1.21 bits per heavy atom. The fourth-order valence-electron chi connectivity index (χ4n) is 2.31. The molecule has 2 aromatic carbocycles. The van der Waals surface area contributed by atoms with Gasteiger partial charge in [-0.05, 0) is 30.3 Å². The molecule has 0 unspecified atom stereocenters. The summed E-state index contributed by atoms with van der Waals surface area (Å²) in [5.41, 5.74) is 1.18. The van der Waals surface area contributed by atoms with Crippen molar-refractivity contribution in [2.75, 3.05) is 17.2 Å². The number of nitrogens with one attached hydrogen (secondary N) is 2. The van der Waals surface area contributed by atoms with Crippen LogP contribution in [0.4, 0.5) is 19.6 Å². The molecule has 0 bridgehead atoms. The molecule has 0 saturated carbocycles. The maximum Gasteiger partial charge on any atom is 0.288 e. The second-order valence-electron chi connectivity index (χ2n) is 5.57. The van der Waals surface area contributed by atoms with Gasteiger partial charge < -0.3 is 10.1 Å². The van der Waals surface area contributed by atoms with Gasteiger partial charge >= 0.3 is 0 Å². The van der Waals surface area contributed by atoms with Gasteiger partial charge in [0.2, 0.25) is 5.91 Å². The molecule has 2 amide bonds. The van der Waals surface area contributed by atoms with Crippen molar-refractivity contribution in [3.05, 3.63) is 42.5 Å². The Balaban J connectivity index is 1.59. The van der Waals surface area contributed by atoms with E-state index in [1.165, 1.54) is 18.3 Å². The summed E-state index contributed by atoms with van der Waals surface area (Å²) in [7, 11) is 0. The summed E-state index contributed by atoms with van der Waals surface area (Å²) in [4.78, 5) is 27.9. The molecule has 0 spiro atoms. The maximum absolute atomic E-state index is 12.5. The summed E-state index contributed by atoms with van der Waals surface area (Å²) < 4.78 is 31.1. The van der Waals surface area contributed by atoms with Crippen LogP contribution in [-0.2, 0) is 9.59 Å². The summed E-state index contributed by atoms with van der Waals surface area (Å²) in [6.07, 6.45) is 0. The highest BCUT2D eigenvalue weighted by Crippen LogP contribution is 2.32. The molecule has 6 nitrogen and oxygen atoms in total. The largest absolute Gasteiger partial charge is 0.484 e. The number of carbonyl (C=O) groups is 2. The van der Waals surface area contributed by atoms with E-state index in [2.05, 4.69) is 15.6 Å². The lowest BCUT2D eigenvalue weighted by Crippen LogP contribution is -2.20. The molecule has 3 rings (SSSR count). The van der Waals surface area contributed by atoms with Gasteiger partial charge in [-0.2, -0.15) is 8.78 Å². The third-order valence-electron chi connectivity index (χ3n) is 3.36. The van der Waals surface area contributed by atoms with Crippen molar-refractivity contribution in [3.8, 4) is 5.75 Å². The molecule has 0 fully saturated rings. The minimum Gasteiger partial charge on any atom is -0.484 e. The number of benzene rings is 2. The van der Waals surface area contributed by atoms with Crippen LogP contribution in [0.1, 0.15) is 6.92 Å². The predicted octanol–water partition coefficient (Wildman–Crippen LogP) is 4.59. The number of hydrogen-bond acceptors (Lipinski definition) is 6. The van der Waals surface area contributed by atoms with Gasteiger partial charge in [0.05, 0.1) is 10.2 Å². The van der Waals surface area contributed by atoms with Crippen molar-refractivity contribution in [1.82, 2.24) is 4.98 Å². The highest BCUT2D eigenvalue weighted by Gasteiger charge is 2.11. The zero-order chi connectivity index (χ0) is 20.1. The zero-order valence-electron chi connectivity index (χ0n) is 14.6. The van der Waals surface area contributed by atoms with Crippen LogP contribution < -0.4 is 15.4 Å². The number of alkyl halides is 2. The van der Waals surface area contributed by atoms with Crippen molar-refractivity contribution < 1.29 is 23.1 Å². The van der Waals surface area contributed by atoms with Crippen LogP contribution in [-0.4, -0.2) is 29.2 Å². The smallest absolute Gasteiger partial charge is 0.288 e. The molecule has 0 aliphatic heterocycles. The fraction of sp³-hybridized carbons (Fsp3) is 0.167. The van der Waals surface area contributed by atoms with Gasteiger partial charge in [0.1, 0.15) is 5.75 Å². The molecule has 0 radical (unpaired) electrons. The van der Waals surface area contributed by atoms with E-state index in [4.69, 9.17) is 4.74 Å². The van der Waals surface area contributed by atoms with E-state index < -0.39 is 11.7 Å². The first-order chi connectivity index (χ1) is 13.4. The Labute approximate surface area is 167 Å². The third-order valence-corrected chi connectivity index (χ3v) is 4.99. The normalized spacial score (nSPS) is 10.9. The average Bonchev–Trinajstić information content (AvgIpc) is 3.00. The van der Waals surface area contributed by atoms with E-state index in [-0.39, 0.29) is 12.5 Å². The summed E-state index contributed by atoms with van der Waals surface area (Å²) in [6.45, 7) is 1.15. The van der Waals surface area contributed by atoms with Gasteiger partial charge in [-0.15, -0.1) is 0 Å². The number of halogens is 2. The van der Waals surface area contributed by atoms with Gasteiger partial charge in [-0.1, -0.05) is 29.2 Å². The molecule has 2 N–H and O–H groups in total. The molecule has 28 heavy (non-hydrogen) atoms. The first kappa shape index (κ1) is 20.0. The number of nitrogens with zero attached hydrogens (tertiary/aromatic N) is 1. The highest BCUT2D eigenvalue weighted by molar-refractivity contribution is 7.99. The molecular formula is C18H15F2N3O3S2. The molecule has 0 atom stereocenters. The number of thioether (sulfide) groups is 1. The van der Waals surface area contributed by atoms with Crippen LogP contribution in [0.15, 0.2) is 47.4 Å². The SMILES string of the molecule is CC(=O)Nc1cccc(OCC(=O)Nc2nc3ccc(SC(F)F)cc3s2)c1. The lowest BCUT2D eigenvalue weighted by Gasteiger charge is -2.08. The number of thiazole rings is 1. The van der Waals surface area contributed by atoms with E-state index in [1.807, 2.05) is 0 Å². The van der Waals surface area contributed by atoms with Crippen LogP contribution in [0.3, 0.4) is 0 Å². The summed E-state index contributed by atoms with van der Waals surface area (Å²) >= 11 is 1.65. The average molecular weight is 423 g/mol. The number of ether oxygens (including phenoxy) is 1. The van der Waals surface area contributed by atoms with Gasteiger partial charge in [-0.3, -0.25) is 14.9 Å². The van der Waals surface area contributed by atoms with Crippen LogP contribution in [0.2, 0.25) is 0 Å². The molecule has 1 aromatic heterocycles. The van der Waals surface area contributed by atoms with Gasteiger partial charge in [-0.25, -0.2) is 4.98 Å². The molecule has 3 aromatic rings. The second kappa shape index (κ2) is 8.98. The Kier molecular flexibility index (Phi) is 6.42. The quantitative estimate of drug-likeness (QED) is 0.544. The van der Waals surface area contributed by atoms with Crippen LogP contribution in [0.5, 0.6) is 5.75 Å². The third kappa shape index (κ3) is 5.64. The Bertz CT molecular complexity index is 1010. The van der Waals surface area contributed by atoms with E-state index in [0.29, 0.717) is 43.4 Å². The number of aromatic nitrogens is 1. The van der Waals surface area contributed by atoms with Crippen molar-refractivity contribution in [2.45, 2.75) is 17.6 Å². The fourth-order valence-corrected chi connectivity index (χ4v) is 3.84. The van der Waals surface area contributed by atoms with Crippen molar-refractivity contribution >= 4 is 55.9 Å². The lowest BCUT2D eigenvalue weighted by atomic mass is 10.3. The Hall–Kier alpha value is -2.72. The number of carbonyl (C=O) groups excluding carboxylic acids is 2. The molecular weight excluding hydrogens is 408 g/mol. The number of anilines is 2. The monoisotopic (exact) mass is 423 g/mol. The first-order valence-electron chi connectivity index (χ1n) is 8.05. The topological polar surface area (TPSA) is 80.3 Å². The van der Waals surface area contributed by atoms with Crippen LogP contribution >= 0.6 is 23.1 Å². The zero-order valence-corrected chi connectivity index (χ0v) is 16.2. The number of hydrogen-bond donors (Lipinski definition) is 2. The first-order valence-corrected chi connectivity index (χ1v) is 9.74. The number of rotatable bonds is 7. The van der Waals surface area contributed by atoms with Crippen molar-refractivity contribution in [2.24, 2.45) is 0 Å². The van der Waals surface area contributed by atoms with E-state index in [0.717, 1.165) is 0 Å². The van der Waals surface area contributed by atoms with Crippen LogP contribution in [0.25, 0.3) is 10.2 Å². The summed E-state index contributed by atoms with van der Waals surface area (Å²) in [6, 6.07) is 11.5. The van der Waals surface area contributed by atoms with E-state index in [1.54, 1.807) is 42.5 Å². The minimum absolute atomic E-state index is 0.208. The molecule has 146 valence electrons. The van der Waals surface area contributed by atoms with Gasteiger partial charge in [0, 0.05) is 23.6 Å². The second-order valence-corrected chi connectivity index (χ2v) is 7.67. The van der Waals surface area contributed by atoms with E-state index in [9.17, 15) is 18.4 Å². The van der Waals surface area contributed by atoms with Crippen molar-refractivity contribution in [1.29, 1.82) is 0 Å². The Morgan fingerprint density at radius 3 is 2.79 bits per heavy atom. The number of fused-ring (bicyclic) bond motifs is 1. The van der Waals surface area contributed by atoms with E-state index >= 15 is 0 Å². The molecule has 0 saturated heterocycles. The molecule has 10 heteroatoms. The summed E-state index contributed by atoms with van der Waals surface area (Å²) in [5, 5.41) is 5.61. The highest BCUT2D eigenvalue weighted by atomic mass is 32.2. The predicted molar refractivity (Wildman–Crippen MR) is 106 cm³/mol. The number of amides is 2. The van der Waals surface area contributed by atoms with Crippen molar-refractivity contribution in [3.63, 3.8) is 0 Å². The summed E-state index contributed by atoms with van der Waals surface area (Å²) in [5.74, 6) is -2.68. The van der Waals surface area contributed by atoms with Gasteiger partial charge in [0.25, 0.3) is 11.7 Å². The van der Waals surface area contributed by atoms with Gasteiger partial charge in [0.15, 0.2) is 11.7 Å². The minimum atomic E-state index is -2.49. The standard InChI is InChI=1S/C18H15F2N3O3S2/c1-10(24)21-11-3-2-4-12(7-11)26-9-16(25)23-18-22-14-6-5-13(27-17(19)20)8-15(14)28-18/h2-8,17H,9H2,1H3,(H,21,24)(H,22,23,25). The Morgan fingerprint density at radius 2 is 2.04 bits per heavy atom. The molecule has 0 aliphatic rings. The maximum atomic E-state index is 12.5.